The maximum atomic E-state index is 13.5. The van der Waals surface area contributed by atoms with Crippen molar-refractivity contribution in [3.63, 3.8) is 0 Å². The molecule has 0 atom stereocenters. The third kappa shape index (κ3) is 2.04. The number of carbonyl (C=O) groups excluding carboxylic acids is 1. The van der Waals surface area contributed by atoms with E-state index in [0.717, 1.165) is 18.5 Å². The van der Waals surface area contributed by atoms with Crippen molar-refractivity contribution in [1.29, 1.82) is 0 Å². The van der Waals surface area contributed by atoms with Crippen LogP contribution in [0.5, 0.6) is 0 Å². The van der Waals surface area contributed by atoms with Gasteiger partial charge < -0.3 is 10.2 Å². The maximum absolute atomic E-state index is 13.5. The molecule has 0 saturated heterocycles. The van der Waals surface area contributed by atoms with Gasteiger partial charge in [0, 0.05) is 25.1 Å². The maximum Gasteiger partial charge on any atom is 0.226 e. The van der Waals surface area contributed by atoms with Crippen molar-refractivity contribution in [3.05, 3.63) is 22.4 Å². The summed E-state index contributed by atoms with van der Waals surface area (Å²) >= 11 is 3.20. The third-order valence-electron chi connectivity index (χ3n) is 3.19. The lowest BCUT2D eigenvalue weighted by Gasteiger charge is -2.24. The fourth-order valence-electron chi connectivity index (χ4n) is 2.19. The van der Waals surface area contributed by atoms with Crippen molar-refractivity contribution < 1.29 is 9.18 Å². The van der Waals surface area contributed by atoms with Gasteiger partial charge in [0.2, 0.25) is 5.91 Å². The standard InChI is InChI=1S/C12H12BrFN2O/c13-8-5-11-10(6-9(8)14)15-12(17)3-4-16(11)7-1-2-7/h5-7H,1-4H2,(H,15,17). The molecular formula is C12H12BrFN2O. The summed E-state index contributed by atoms with van der Waals surface area (Å²) < 4.78 is 13.9. The minimum atomic E-state index is -0.346. The van der Waals surface area contributed by atoms with Crippen LogP contribution >= 0.6 is 15.9 Å². The molecule has 0 aromatic heterocycles. The Balaban J connectivity index is 2.08. The number of amides is 1. The summed E-state index contributed by atoms with van der Waals surface area (Å²) in [6, 6.07) is 3.66. The minimum absolute atomic E-state index is 0.0453. The summed E-state index contributed by atoms with van der Waals surface area (Å²) in [5.74, 6) is -0.391. The van der Waals surface area contributed by atoms with Crippen molar-refractivity contribution in [2.45, 2.75) is 25.3 Å². The van der Waals surface area contributed by atoms with Gasteiger partial charge >= 0.3 is 0 Å². The molecule has 1 aromatic carbocycles. The SMILES string of the molecule is O=C1CCN(C2CC2)c2cc(Br)c(F)cc2N1. The van der Waals surface area contributed by atoms with E-state index in [1.165, 1.54) is 6.07 Å². The van der Waals surface area contributed by atoms with Gasteiger partial charge in [-0.25, -0.2) is 4.39 Å². The average molecular weight is 299 g/mol. The van der Waals surface area contributed by atoms with Crippen LogP contribution in [0.25, 0.3) is 0 Å². The molecule has 0 bridgehead atoms. The molecule has 3 rings (SSSR count). The van der Waals surface area contributed by atoms with E-state index in [2.05, 4.69) is 26.1 Å². The van der Waals surface area contributed by atoms with E-state index < -0.39 is 0 Å². The molecule has 5 heteroatoms. The summed E-state index contributed by atoms with van der Waals surface area (Å²) in [6.45, 7) is 0.710. The van der Waals surface area contributed by atoms with Crippen LogP contribution in [0.1, 0.15) is 19.3 Å². The van der Waals surface area contributed by atoms with E-state index in [1.54, 1.807) is 6.07 Å². The van der Waals surface area contributed by atoms with Crippen LogP contribution in [-0.2, 0) is 4.79 Å². The van der Waals surface area contributed by atoms with Gasteiger partial charge in [0.05, 0.1) is 15.8 Å². The topological polar surface area (TPSA) is 32.3 Å². The molecule has 0 spiro atoms. The molecule has 1 fully saturated rings. The zero-order chi connectivity index (χ0) is 12.0. The summed E-state index contributed by atoms with van der Waals surface area (Å²) in [5, 5.41) is 2.76. The molecule has 1 aliphatic heterocycles. The molecule has 1 amide bonds. The van der Waals surface area contributed by atoms with E-state index in [1.807, 2.05) is 0 Å². The van der Waals surface area contributed by atoms with Crippen molar-refractivity contribution in [2.75, 3.05) is 16.8 Å². The predicted molar refractivity (Wildman–Crippen MR) is 67.7 cm³/mol. The van der Waals surface area contributed by atoms with E-state index in [-0.39, 0.29) is 11.7 Å². The van der Waals surface area contributed by atoms with Crippen LogP contribution in [0.2, 0.25) is 0 Å². The van der Waals surface area contributed by atoms with Crippen molar-refractivity contribution >= 4 is 33.2 Å². The number of nitrogens with one attached hydrogen (secondary N) is 1. The van der Waals surface area contributed by atoms with E-state index in [0.29, 0.717) is 29.2 Å². The number of carbonyl (C=O) groups is 1. The van der Waals surface area contributed by atoms with Gasteiger partial charge in [0.15, 0.2) is 0 Å². The first-order chi connectivity index (χ1) is 8.15. The lowest BCUT2D eigenvalue weighted by molar-refractivity contribution is -0.115. The number of rotatable bonds is 1. The average Bonchev–Trinajstić information content (AvgIpc) is 3.08. The first-order valence-corrected chi connectivity index (χ1v) is 6.50. The molecule has 3 nitrogen and oxygen atoms in total. The molecule has 2 aliphatic rings. The highest BCUT2D eigenvalue weighted by atomic mass is 79.9. The number of hydrogen-bond donors (Lipinski definition) is 1. The van der Waals surface area contributed by atoms with Crippen LogP contribution in [0.3, 0.4) is 0 Å². The van der Waals surface area contributed by atoms with Gasteiger partial charge in [-0.3, -0.25) is 4.79 Å². The Morgan fingerprint density at radius 3 is 2.88 bits per heavy atom. The van der Waals surface area contributed by atoms with E-state index >= 15 is 0 Å². The van der Waals surface area contributed by atoms with E-state index in [9.17, 15) is 9.18 Å². The summed E-state index contributed by atoms with van der Waals surface area (Å²) in [4.78, 5) is 13.8. The van der Waals surface area contributed by atoms with Crippen molar-refractivity contribution in [1.82, 2.24) is 0 Å². The van der Waals surface area contributed by atoms with Gasteiger partial charge in [0.1, 0.15) is 5.82 Å². The van der Waals surface area contributed by atoms with Gasteiger partial charge in [-0.2, -0.15) is 0 Å². The van der Waals surface area contributed by atoms with Crippen molar-refractivity contribution in [3.8, 4) is 0 Å². The number of halogens is 2. The van der Waals surface area contributed by atoms with E-state index in [4.69, 9.17) is 0 Å². The Kier molecular flexibility index (Phi) is 2.58. The number of benzene rings is 1. The van der Waals surface area contributed by atoms with Gasteiger partial charge in [-0.05, 0) is 34.8 Å². The zero-order valence-electron chi connectivity index (χ0n) is 9.17. The lowest BCUT2D eigenvalue weighted by atomic mass is 10.2. The molecule has 1 aliphatic carbocycles. The second-order valence-corrected chi connectivity index (χ2v) is 5.36. The Morgan fingerprint density at radius 1 is 1.41 bits per heavy atom. The number of hydrogen-bond acceptors (Lipinski definition) is 2. The van der Waals surface area contributed by atoms with Crippen molar-refractivity contribution in [2.24, 2.45) is 0 Å². The Hall–Kier alpha value is -1.10. The molecule has 1 aromatic rings. The number of nitrogens with zero attached hydrogens (tertiary/aromatic N) is 1. The second kappa shape index (κ2) is 3.98. The largest absolute Gasteiger partial charge is 0.366 e. The molecule has 1 saturated carbocycles. The highest BCUT2D eigenvalue weighted by Gasteiger charge is 2.32. The highest BCUT2D eigenvalue weighted by Crippen LogP contribution is 2.39. The first kappa shape index (κ1) is 11.0. The fourth-order valence-corrected chi connectivity index (χ4v) is 2.53. The monoisotopic (exact) mass is 298 g/mol. The highest BCUT2D eigenvalue weighted by molar-refractivity contribution is 9.10. The molecule has 1 N–H and O–H groups in total. The molecule has 0 radical (unpaired) electrons. The van der Waals surface area contributed by atoms with Crippen LogP contribution in [0.4, 0.5) is 15.8 Å². The Labute approximate surface area is 107 Å². The van der Waals surface area contributed by atoms with Crippen LogP contribution in [-0.4, -0.2) is 18.5 Å². The number of anilines is 2. The van der Waals surface area contributed by atoms with Gasteiger partial charge in [-0.15, -0.1) is 0 Å². The first-order valence-electron chi connectivity index (χ1n) is 5.70. The Morgan fingerprint density at radius 2 is 2.18 bits per heavy atom. The summed E-state index contributed by atoms with van der Waals surface area (Å²) in [6.07, 6.45) is 2.77. The molecule has 17 heavy (non-hydrogen) atoms. The number of fused-ring (bicyclic) bond motifs is 1. The predicted octanol–water partition coefficient (Wildman–Crippen LogP) is 2.90. The Bertz CT molecular complexity index is 488. The zero-order valence-corrected chi connectivity index (χ0v) is 10.8. The normalized spacial score (nSPS) is 19.6. The molecular weight excluding hydrogens is 287 g/mol. The lowest BCUT2D eigenvalue weighted by Crippen LogP contribution is -2.26. The summed E-state index contributed by atoms with van der Waals surface area (Å²) in [5.41, 5.74) is 1.51. The second-order valence-electron chi connectivity index (χ2n) is 4.51. The molecule has 1 heterocycles. The molecule has 90 valence electrons. The van der Waals surface area contributed by atoms with Crippen LogP contribution in [0.15, 0.2) is 16.6 Å². The minimum Gasteiger partial charge on any atom is -0.366 e. The van der Waals surface area contributed by atoms with Crippen LogP contribution < -0.4 is 10.2 Å². The molecule has 0 unspecified atom stereocenters. The smallest absolute Gasteiger partial charge is 0.226 e. The third-order valence-corrected chi connectivity index (χ3v) is 3.80. The quantitative estimate of drug-likeness (QED) is 0.865. The van der Waals surface area contributed by atoms with Gasteiger partial charge in [-0.1, -0.05) is 0 Å². The van der Waals surface area contributed by atoms with Gasteiger partial charge in [0.25, 0.3) is 0 Å². The fraction of sp³-hybridized carbons (Fsp3) is 0.417. The van der Waals surface area contributed by atoms with Crippen LogP contribution in [0, 0.1) is 5.82 Å². The summed E-state index contributed by atoms with van der Waals surface area (Å²) in [7, 11) is 0.